The first-order valence-electron chi connectivity index (χ1n) is 20.7. The molecule has 12 atom stereocenters. The van der Waals surface area contributed by atoms with Gasteiger partial charge in [-0.05, 0) is 44.9 Å². The van der Waals surface area contributed by atoms with Crippen LogP contribution in [0, 0.1) is 0 Å². The van der Waals surface area contributed by atoms with E-state index in [4.69, 9.17) is 18.9 Å². The first kappa shape index (κ1) is 49.4. The largest absolute Gasteiger partial charge is 0.394 e. The highest BCUT2D eigenvalue weighted by atomic mass is 16.7. The van der Waals surface area contributed by atoms with E-state index < -0.39 is 86.8 Å². The van der Waals surface area contributed by atoms with E-state index in [2.05, 4.69) is 43.5 Å². The number of nitrogens with one attached hydrogen (secondary N) is 1. The summed E-state index contributed by atoms with van der Waals surface area (Å²) < 4.78 is 22.5. The number of allylic oxidation sites excluding steroid dienone is 5. The number of amides is 1. The Balaban J connectivity index is 1.96. The standard InChI is InChI=1S/C41H73NO13/c1-3-5-7-9-11-12-13-14-15-16-17-19-20-22-24-30(45)29(42-33(46)25-23-21-18-10-8-6-4-2)28-52-40-38(51)36(49)39(32(27-44)54-40)55-41-37(50)35(48)34(47)31(26-43)53-41/h12-13,16-17,22,24,29-32,34-41,43-45,47-51H,3-11,14-15,18-21,23,25-28H2,1-2H3,(H,42,46)/b13-12+,17-16+,24-22+. The topological polar surface area (TPSA) is 228 Å². The van der Waals surface area contributed by atoms with Gasteiger partial charge in [-0.15, -0.1) is 0 Å². The van der Waals surface area contributed by atoms with Crippen LogP contribution in [0.3, 0.4) is 0 Å². The Kier molecular flexibility index (Phi) is 26.4. The number of carbonyl (C=O) groups is 1. The van der Waals surface area contributed by atoms with E-state index in [1.807, 2.05) is 6.08 Å². The second-order valence-electron chi connectivity index (χ2n) is 14.7. The summed E-state index contributed by atoms with van der Waals surface area (Å²) in [6, 6.07) is -0.929. The van der Waals surface area contributed by atoms with Crippen molar-refractivity contribution in [1.29, 1.82) is 0 Å². The Hall–Kier alpha value is -1.79. The number of aliphatic hydroxyl groups is 8. The molecule has 0 aromatic heterocycles. The van der Waals surface area contributed by atoms with Crippen molar-refractivity contribution in [2.75, 3.05) is 19.8 Å². The van der Waals surface area contributed by atoms with E-state index in [9.17, 15) is 45.6 Å². The number of hydrogen-bond donors (Lipinski definition) is 9. The van der Waals surface area contributed by atoms with E-state index in [1.165, 1.54) is 38.5 Å². The van der Waals surface area contributed by atoms with Crippen molar-refractivity contribution in [3.05, 3.63) is 36.5 Å². The lowest BCUT2D eigenvalue weighted by Crippen LogP contribution is -2.65. The van der Waals surface area contributed by atoms with Crippen LogP contribution in [0.25, 0.3) is 0 Å². The normalized spacial score (nSPS) is 30.1. The summed E-state index contributed by atoms with van der Waals surface area (Å²) in [5.41, 5.74) is 0. The van der Waals surface area contributed by atoms with E-state index in [-0.39, 0.29) is 18.9 Å². The van der Waals surface area contributed by atoms with Crippen LogP contribution in [0.1, 0.15) is 123 Å². The molecule has 320 valence electrons. The Bertz CT molecular complexity index is 1070. The number of rotatable bonds is 29. The van der Waals surface area contributed by atoms with Gasteiger partial charge in [-0.1, -0.05) is 108 Å². The van der Waals surface area contributed by atoms with Crippen LogP contribution in [0.2, 0.25) is 0 Å². The van der Waals surface area contributed by atoms with Crippen molar-refractivity contribution < 1.29 is 64.6 Å². The molecule has 2 fully saturated rings. The summed E-state index contributed by atoms with van der Waals surface area (Å²) in [5.74, 6) is -0.265. The highest BCUT2D eigenvalue weighted by Crippen LogP contribution is 2.29. The molecule has 0 aliphatic carbocycles. The second kappa shape index (κ2) is 29.4. The van der Waals surface area contributed by atoms with Crippen molar-refractivity contribution in [1.82, 2.24) is 5.32 Å². The van der Waals surface area contributed by atoms with Gasteiger partial charge >= 0.3 is 0 Å². The molecule has 2 rings (SSSR count). The summed E-state index contributed by atoms with van der Waals surface area (Å²) in [7, 11) is 0. The number of hydrogen-bond acceptors (Lipinski definition) is 13. The molecule has 0 aromatic rings. The van der Waals surface area contributed by atoms with Crippen LogP contribution in [-0.4, -0.2) is 140 Å². The van der Waals surface area contributed by atoms with Crippen LogP contribution in [0.4, 0.5) is 0 Å². The zero-order valence-corrected chi connectivity index (χ0v) is 33.2. The molecule has 14 heteroatoms. The lowest BCUT2D eigenvalue weighted by Gasteiger charge is -2.46. The highest BCUT2D eigenvalue weighted by Gasteiger charge is 2.50. The maximum absolute atomic E-state index is 12.9. The van der Waals surface area contributed by atoms with E-state index in [0.717, 1.165) is 51.4 Å². The van der Waals surface area contributed by atoms with Crippen molar-refractivity contribution in [2.24, 2.45) is 0 Å². The second-order valence-corrected chi connectivity index (χ2v) is 14.7. The van der Waals surface area contributed by atoms with E-state index in [0.29, 0.717) is 12.8 Å². The van der Waals surface area contributed by atoms with Crippen molar-refractivity contribution in [2.45, 2.75) is 197 Å². The molecule has 14 nitrogen and oxygen atoms in total. The van der Waals surface area contributed by atoms with Gasteiger partial charge < -0.3 is 65.1 Å². The number of aliphatic hydroxyl groups excluding tert-OH is 8. The third kappa shape index (κ3) is 18.6. The number of ether oxygens (including phenoxy) is 4. The van der Waals surface area contributed by atoms with E-state index in [1.54, 1.807) is 6.08 Å². The Morgan fingerprint density at radius 2 is 1.16 bits per heavy atom. The molecule has 0 spiro atoms. The average molecular weight is 788 g/mol. The molecule has 2 saturated heterocycles. The molecule has 0 aromatic carbocycles. The fraction of sp³-hybridized carbons (Fsp3) is 0.829. The lowest BCUT2D eigenvalue weighted by atomic mass is 9.97. The van der Waals surface area contributed by atoms with Crippen molar-refractivity contribution >= 4 is 5.91 Å². The predicted octanol–water partition coefficient (Wildman–Crippen LogP) is 2.81. The van der Waals surface area contributed by atoms with Gasteiger partial charge in [0, 0.05) is 6.42 Å². The molecular weight excluding hydrogens is 714 g/mol. The summed E-state index contributed by atoms with van der Waals surface area (Å²) in [4.78, 5) is 12.9. The van der Waals surface area contributed by atoms with Gasteiger partial charge in [-0.25, -0.2) is 0 Å². The summed E-state index contributed by atoms with van der Waals surface area (Å²) >= 11 is 0. The third-order valence-electron chi connectivity index (χ3n) is 10.1. The maximum Gasteiger partial charge on any atom is 0.220 e. The Labute approximate surface area is 328 Å². The van der Waals surface area contributed by atoms with Gasteiger partial charge in [0.1, 0.15) is 48.8 Å². The Morgan fingerprint density at radius 1 is 0.636 bits per heavy atom. The van der Waals surface area contributed by atoms with Crippen LogP contribution in [0.5, 0.6) is 0 Å². The molecule has 0 radical (unpaired) electrons. The number of carbonyl (C=O) groups excluding carboxylic acids is 1. The molecule has 2 aliphatic rings. The van der Waals surface area contributed by atoms with Crippen LogP contribution >= 0.6 is 0 Å². The molecular formula is C41H73NO13. The van der Waals surface area contributed by atoms with Gasteiger partial charge in [0.15, 0.2) is 12.6 Å². The van der Waals surface area contributed by atoms with Gasteiger partial charge in [0.25, 0.3) is 0 Å². The maximum atomic E-state index is 12.9. The summed E-state index contributed by atoms with van der Waals surface area (Å²) in [6.07, 6.45) is 12.3. The third-order valence-corrected chi connectivity index (χ3v) is 10.1. The molecule has 0 saturated carbocycles. The van der Waals surface area contributed by atoms with Crippen LogP contribution in [-0.2, 0) is 23.7 Å². The first-order chi connectivity index (χ1) is 26.6. The molecule has 9 N–H and O–H groups in total. The fourth-order valence-corrected chi connectivity index (χ4v) is 6.55. The molecule has 1 amide bonds. The zero-order chi connectivity index (χ0) is 40.4. The van der Waals surface area contributed by atoms with Gasteiger partial charge in [0.05, 0.1) is 32.0 Å². The Morgan fingerprint density at radius 3 is 1.78 bits per heavy atom. The number of unbranched alkanes of at least 4 members (excludes halogenated alkanes) is 12. The summed E-state index contributed by atoms with van der Waals surface area (Å²) in [6.45, 7) is 2.63. The minimum absolute atomic E-state index is 0.265. The molecule has 2 heterocycles. The van der Waals surface area contributed by atoms with Gasteiger partial charge in [-0.3, -0.25) is 4.79 Å². The lowest BCUT2D eigenvalue weighted by molar-refractivity contribution is -0.359. The van der Waals surface area contributed by atoms with Crippen LogP contribution < -0.4 is 5.32 Å². The minimum atomic E-state index is -1.79. The minimum Gasteiger partial charge on any atom is -0.394 e. The molecule has 2 aliphatic heterocycles. The van der Waals surface area contributed by atoms with Gasteiger partial charge in [0.2, 0.25) is 5.91 Å². The zero-order valence-electron chi connectivity index (χ0n) is 33.2. The molecule has 12 unspecified atom stereocenters. The molecule has 0 bridgehead atoms. The average Bonchev–Trinajstić information content (AvgIpc) is 3.18. The summed E-state index contributed by atoms with van der Waals surface area (Å²) in [5, 5.41) is 86.0. The van der Waals surface area contributed by atoms with Crippen molar-refractivity contribution in [3.63, 3.8) is 0 Å². The van der Waals surface area contributed by atoms with Crippen LogP contribution in [0.15, 0.2) is 36.5 Å². The van der Waals surface area contributed by atoms with Crippen molar-refractivity contribution in [3.8, 4) is 0 Å². The molecule has 55 heavy (non-hydrogen) atoms. The highest BCUT2D eigenvalue weighted by molar-refractivity contribution is 5.76. The monoisotopic (exact) mass is 788 g/mol. The smallest absolute Gasteiger partial charge is 0.220 e. The fourth-order valence-electron chi connectivity index (χ4n) is 6.55. The first-order valence-corrected chi connectivity index (χ1v) is 20.7. The quantitative estimate of drug-likeness (QED) is 0.0393. The van der Waals surface area contributed by atoms with E-state index >= 15 is 0 Å². The SMILES string of the molecule is CCCCCC/C=C/CC/C=C/CC/C=C/C(O)C(COC1OC(CO)C(OC2OC(CO)C(O)C(O)C2O)C(O)C1O)NC(=O)CCCCCCCCC. The predicted molar refractivity (Wildman–Crippen MR) is 208 cm³/mol. The van der Waals surface area contributed by atoms with Gasteiger partial charge in [-0.2, -0.15) is 0 Å².